The minimum absolute atomic E-state index is 0.0299. The van der Waals surface area contributed by atoms with Crippen LogP contribution in [0.3, 0.4) is 0 Å². The lowest BCUT2D eigenvalue weighted by Crippen LogP contribution is -2.14. The van der Waals surface area contributed by atoms with E-state index >= 15 is 0 Å². The molecule has 5 nitrogen and oxygen atoms in total. The van der Waals surface area contributed by atoms with E-state index in [-0.39, 0.29) is 17.4 Å². The van der Waals surface area contributed by atoms with Crippen LogP contribution < -0.4 is 5.32 Å². The standard InChI is InChI=1S/C17H15N3O2S/c1-11(21)12-5-4-6-13(9-12)18-16(22)10-23-17-19-14-7-2-3-8-15(14)20-17/h2-9H,10H2,1H3,(H,18,22)(H,19,20). The van der Waals surface area contributed by atoms with Gasteiger partial charge in [-0.15, -0.1) is 0 Å². The minimum atomic E-state index is -0.142. The number of carbonyl (C=O) groups is 2. The summed E-state index contributed by atoms with van der Waals surface area (Å²) in [7, 11) is 0. The molecule has 0 aliphatic rings. The molecule has 1 heterocycles. The van der Waals surface area contributed by atoms with Crippen LogP contribution in [-0.4, -0.2) is 27.4 Å². The number of anilines is 1. The quantitative estimate of drug-likeness (QED) is 0.556. The smallest absolute Gasteiger partial charge is 0.234 e. The number of aromatic nitrogens is 2. The zero-order valence-corrected chi connectivity index (χ0v) is 13.3. The van der Waals surface area contributed by atoms with Gasteiger partial charge in [-0.3, -0.25) is 9.59 Å². The number of H-pyrrole nitrogens is 1. The van der Waals surface area contributed by atoms with E-state index in [1.54, 1.807) is 24.3 Å². The highest BCUT2D eigenvalue weighted by molar-refractivity contribution is 7.99. The van der Waals surface area contributed by atoms with E-state index in [2.05, 4.69) is 15.3 Å². The summed E-state index contributed by atoms with van der Waals surface area (Å²) in [6, 6.07) is 14.6. The second-order valence-corrected chi connectivity index (χ2v) is 6.00. The molecule has 0 bridgehead atoms. The fraction of sp³-hybridized carbons (Fsp3) is 0.118. The van der Waals surface area contributed by atoms with Crippen molar-refractivity contribution in [2.45, 2.75) is 12.1 Å². The number of carbonyl (C=O) groups excluding carboxylic acids is 2. The van der Waals surface area contributed by atoms with Gasteiger partial charge in [0.05, 0.1) is 16.8 Å². The summed E-state index contributed by atoms with van der Waals surface area (Å²) in [5.74, 6) is 0.0679. The molecule has 23 heavy (non-hydrogen) atoms. The Hall–Kier alpha value is -2.60. The molecule has 0 aliphatic carbocycles. The van der Waals surface area contributed by atoms with Crippen molar-refractivity contribution in [2.75, 3.05) is 11.1 Å². The summed E-state index contributed by atoms with van der Waals surface area (Å²) in [5.41, 5.74) is 3.02. The number of para-hydroxylation sites is 2. The molecule has 0 unspecified atom stereocenters. The molecule has 2 aromatic carbocycles. The van der Waals surface area contributed by atoms with Crippen molar-refractivity contribution in [3.05, 3.63) is 54.1 Å². The zero-order valence-electron chi connectivity index (χ0n) is 12.5. The molecule has 2 N–H and O–H groups in total. The number of hydrogen-bond acceptors (Lipinski definition) is 4. The molecule has 0 aliphatic heterocycles. The maximum atomic E-state index is 12.0. The lowest BCUT2D eigenvalue weighted by Gasteiger charge is -2.05. The van der Waals surface area contributed by atoms with E-state index in [9.17, 15) is 9.59 Å². The molecular formula is C17H15N3O2S. The Bertz CT molecular complexity index is 840. The number of aromatic amines is 1. The average Bonchev–Trinajstić information content (AvgIpc) is 2.96. The lowest BCUT2D eigenvalue weighted by atomic mass is 10.1. The fourth-order valence-corrected chi connectivity index (χ4v) is 2.83. The van der Waals surface area contributed by atoms with Gasteiger partial charge in [-0.1, -0.05) is 36.0 Å². The second-order valence-electron chi connectivity index (χ2n) is 5.03. The largest absolute Gasteiger partial charge is 0.333 e. The highest BCUT2D eigenvalue weighted by Gasteiger charge is 2.08. The first kappa shape index (κ1) is 15.3. The summed E-state index contributed by atoms with van der Waals surface area (Å²) in [6.45, 7) is 1.50. The van der Waals surface area contributed by atoms with Crippen LogP contribution in [-0.2, 0) is 4.79 Å². The van der Waals surface area contributed by atoms with E-state index < -0.39 is 0 Å². The van der Waals surface area contributed by atoms with E-state index in [0.29, 0.717) is 16.4 Å². The molecule has 0 fully saturated rings. The number of benzene rings is 2. The second kappa shape index (κ2) is 6.66. The van der Waals surface area contributed by atoms with Crippen molar-refractivity contribution in [1.82, 2.24) is 9.97 Å². The van der Waals surface area contributed by atoms with Crippen molar-refractivity contribution >= 4 is 40.2 Å². The number of rotatable bonds is 5. The van der Waals surface area contributed by atoms with Crippen molar-refractivity contribution in [1.29, 1.82) is 0 Å². The van der Waals surface area contributed by atoms with Crippen LogP contribution in [0.25, 0.3) is 11.0 Å². The maximum absolute atomic E-state index is 12.0. The van der Waals surface area contributed by atoms with Gasteiger partial charge in [-0.2, -0.15) is 0 Å². The van der Waals surface area contributed by atoms with Crippen LogP contribution in [0.2, 0.25) is 0 Å². The first-order valence-electron chi connectivity index (χ1n) is 7.10. The van der Waals surface area contributed by atoms with Gasteiger partial charge in [0.25, 0.3) is 0 Å². The molecule has 3 rings (SSSR count). The maximum Gasteiger partial charge on any atom is 0.234 e. The molecule has 1 aromatic heterocycles. The zero-order chi connectivity index (χ0) is 16.2. The molecular weight excluding hydrogens is 310 g/mol. The SMILES string of the molecule is CC(=O)c1cccc(NC(=O)CSc2nc3ccccc3[nH]2)c1. The monoisotopic (exact) mass is 325 g/mol. The Morgan fingerprint density at radius 3 is 2.78 bits per heavy atom. The number of fused-ring (bicyclic) bond motifs is 1. The molecule has 0 atom stereocenters. The summed E-state index contributed by atoms with van der Waals surface area (Å²) in [5, 5.41) is 3.49. The number of Topliss-reactive ketones (excluding diaryl/α,β-unsaturated/α-hetero) is 1. The molecule has 0 radical (unpaired) electrons. The predicted octanol–water partition coefficient (Wildman–Crippen LogP) is 3.50. The van der Waals surface area contributed by atoms with Crippen LogP contribution in [0.15, 0.2) is 53.7 Å². The van der Waals surface area contributed by atoms with E-state index in [1.807, 2.05) is 24.3 Å². The van der Waals surface area contributed by atoms with Crippen molar-refractivity contribution in [3.8, 4) is 0 Å². The highest BCUT2D eigenvalue weighted by atomic mass is 32.2. The van der Waals surface area contributed by atoms with Gasteiger partial charge in [0, 0.05) is 11.3 Å². The Kier molecular flexibility index (Phi) is 4.43. The minimum Gasteiger partial charge on any atom is -0.333 e. The van der Waals surface area contributed by atoms with Crippen molar-refractivity contribution in [3.63, 3.8) is 0 Å². The fourth-order valence-electron chi connectivity index (χ4n) is 2.14. The first-order valence-corrected chi connectivity index (χ1v) is 8.09. The topological polar surface area (TPSA) is 74.8 Å². The third kappa shape index (κ3) is 3.78. The number of nitrogens with one attached hydrogen (secondary N) is 2. The molecule has 6 heteroatoms. The normalized spacial score (nSPS) is 10.7. The van der Waals surface area contributed by atoms with Gasteiger partial charge in [0.1, 0.15) is 0 Å². The number of imidazole rings is 1. The summed E-state index contributed by atoms with van der Waals surface area (Å²) < 4.78 is 0. The molecule has 0 saturated carbocycles. The van der Waals surface area contributed by atoms with Gasteiger partial charge in [0.2, 0.25) is 5.91 Å². The number of hydrogen-bond donors (Lipinski definition) is 2. The first-order chi connectivity index (χ1) is 11.1. The van der Waals surface area contributed by atoms with Crippen LogP contribution in [0.5, 0.6) is 0 Å². The van der Waals surface area contributed by atoms with Crippen LogP contribution in [0.1, 0.15) is 17.3 Å². The number of amides is 1. The summed E-state index contributed by atoms with van der Waals surface area (Å²) in [6.07, 6.45) is 0. The van der Waals surface area contributed by atoms with Crippen LogP contribution in [0, 0.1) is 0 Å². The average molecular weight is 325 g/mol. The van der Waals surface area contributed by atoms with Gasteiger partial charge in [0.15, 0.2) is 10.9 Å². The van der Waals surface area contributed by atoms with Gasteiger partial charge < -0.3 is 10.3 Å². The third-order valence-electron chi connectivity index (χ3n) is 3.26. The predicted molar refractivity (Wildman–Crippen MR) is 91.9 cm³/mol. The Morgan fingerprint density at radius 1 is 1.17 bits per heavy atom. The number of nitrogens with zero attached hydrogens (tertiary/aromatic N) is 1. The van der Waals surface area contributed by atoms with E-state index in [4.69, 9.17) is 0 Å². The molecule has 1 amide bonds. The molecule has 3 aromatic rings. The van der Waals surface area contributed by atoms with Gasteiger partial charge in [-0.25, -0.2) is 4.98 Å². The number of ketones is 1. The van der Waals surface area contributed by atoms with E-state index in [0.717, 1.165) is 11.0 Å². The van der Waals surface area contributed by atoms with Crippen molar-refractivity contribution < 1.29 is 9.59 Å². The van der Waals surface area contributed by atoms with E-state index in [1.165, 1.54) is 18.7 Å². The van der Waals surface area contributed by atoms with Crippen LogP contribution >= 0.6 is 11.8 Å². The Balaban J connectivity index is 1.61. The lowest BCUT2D eigenvalue weighted by molar-refractivity contribution is -0.113. The highest BCUT2D eigenvalue weighted by Crippen LogP contribution is 2.19. The molecule has 0 saturated heterocycles. The Morgan fingerprint density at radius 2 is 2.00 bits per heavy atom. The molecule has 0 spiro atoms. The Labute approximate surface area is 137 Å². The van der Waals surface area contributed by atoms with Gasteiger partial charge >= 0.3 is 0 Å². The number of thioether (sulfide) groups is 1. The summed E-state index contributed by atoms with van der Waals surface area (Å²) in [4.78, 5) is 31.0. The van der Waals surface area contributed by atoms with Gasteiger partial charge in [-0.05, 0) is 31.2 Å². The third-order valence-corrected chi connectivity index (χ3v) is 4.13. The van der Waals surface area contributed by atoms with Crippen molar-refractivity contribution in [2.24, 2.45) is 0 Å². The van der Waals surface area contributed by atoms with Crippen LogP contribution in [0.4, 0.5) is 5.69 Å². The summed E-state index contributed by atoms with van der Waals surface area (Å²) >= 11 is 1.34. The molecule has 116 valence electrons.